The van der Waals surface area contributed by atoms with Crippen molar-refractivity contribution in [3.8, 4) is 0 Å². The number of anilines is 1. The number of nitrogens with one attached hydrogen (secondary N) is 1. The van der Waals surface area contributed by atoms with Crippen molar-refractivity contribution in [1.82, 2.24) is 14.7 Å². The van der Waals surface area contributed by atoms with Crippen molar-refractivity contribution in [3.63, 3.8) is 0 Å². The summed E-state index contributed by atoms with van der Waals surface area (Å²) in [7, 11) is 0. The first-order chi connectivity index (χ1) is 17.0. The number of carbonyl (C=O) groups excluding carboxylic acids is 2. The monoisotopic (exact) mass is 508 g/mol. The van der Waals surface area contributed by atoms with E-state index in [0.29, 0.717) is 36.9 Å². The molecule has 0 radical (unpaired) electrons. The molecule has 3 heterocycles. The van der Waals surface area contributed by atoms with Gasteiger partial charge in [0.05, 0.1) is 12.6 Å². The largest absolute Gasteiger partial charge is 0.338 e. The van der Waals surface area contributed by atoms with Gasteiger partial charge in [0.2, 0.25) is 5.91 Å². The van der Waals surface area contributed by atoms with Gasteiger partial charge in [-0.2, -0.15) is 0 Å². The van der Waals surface area contributed by atoms with Crippen molar-refractivity contribution in [3.05, 3.63) is 87.1 Å². The third-order valence-electron chi connectivity index (χ3n) is 6.84. The maximum atomic E-state index is 13.4. The van der Waals surface area contributed by atoms with E-state index in [1.165, 1.54) is 16.0 Å². The summed E-state index contributed by atoms with van der Waals surface area (Å²) >= 11 is 7.84. The zero-order chi connectivity index (χ0) is 24.4. The highest BCUT2D eigenvalue weighted by atomic mass is 35.5. The topological polar surface area (TPSA) is 55.9 Å². The van der Waals surface area contributed by atoms with Gasteiger partial charge in [0, 0.05) is 47.8 Å². The fourth-order valence-electron chi connectivity index (χ4n) is 5.09. The van der Waals surface area contributed by atoms with Crippen LogP contribution in [0.15, 0.2) is 66.0 Å². The Morgan fingerprint density at radius 3 is 2.66 bits per heavy atom. The highest BCUT2D eigenvalue weighted by molar-refractivity contribution is 7.10. The molecule has 1 fully saturated rings. The van der Waals surface area contributed by atoms with E-state index >= 15 is 0 Å². The average Bonchev–Trinajstić information content (AvgIpc) is 3.33. The first-order valence-electron chi connectivity index (χ1n) is 12.0. The van der Waals surface area contributed by atoms with Crippen LogP contribution in [-0.4, -0.2) is 65.4 Å². The van der Waals surface area contributed by atoms with Gasteiger partial charge in [-0.15, -0.1) is 11.3 Å². The van der Waals surface area contributed by atoms with E-state index in [0.717, 1.165) is 13.0 Å². The van der Waals surface area contributed by atoms with Gasteiger partial charge in [-0.3, -0.25) is 9.69 Å². The third-order valence-corrected chi connectivity index (χ3v) is 8.07. The van der Waals surface area contributed by atoms with Crippen LogP contribution in [0.1, 0.15) is 29.0 Å². The summed E-state index contributed by atoms with van der Waals surface area (Å²) in [6.07, 6.45) is 0.970. The van der Waals surface area contributed by atoms with Gasteiger partial charge >= 0.3 is 6.03 Å². The van der Waals surface area contributed by atoms with Crippen molar-refractivity contribution in [2.45, 2.75) is 25.4 Å². The van der Waals surface area contributed by atoms with Crippen molar-refractivity contribution in [2.75, 3.05) is 38.0 Å². The van der Waals surface area contributed by atoms with E-state index in [1.54, 1.807) is 34.4 Å². The molecule has 0 spiro atoms. The fraction of sp³-hybridized carbons (Fsp3) is 0.333. The number of halogens is 1. The van der Waals surface area contributed by atoms with Crippen LogP contribution in [0.25, 0.3) is 0 Å². The minimum Gasteiger partial charge on any atom is -0.338 e. The summed E-state index contributed by atoms with van der Waals surface area (Å²) < 4.78 is 0. The number of piperazine rings is 1. The maximum Gasteiger partial charge on any atom is 0.322 e. The zero-order valence-corrected chi connectivity index (χ0v) is 21.3. The molecule has 2 aliphatic heterocycles. The lowest BCUT2D eigenvalue weighted by atomic mass is 9.93. The summed E-state index contributed by atoms with van der Waals surface area (Å²) in [5, 5.41) is 5.65. The van der Waals surface area contributed by atoms with E-state index in [1.807, 2.05) is 24.0 Å². The second-order valence-corrected chi connectivity index (χ2v) is 10.6. The molecule has 3 aromatic rings. The van der Waals surface area contributed by atoms with Crippen LogP contribution < -0.4 is 5.32 Å². The van der Waals surface area contributed by atoms with Crippen LogP contribution in [0.5, 0.6) is 0 Å². The average molecular weight is 509 g/mol. The Balaban J connectivity index is 1.23. The zero-order valence-electron chi connectivity index (χ0n) is 19.7. The van der Waals surface area contributed by atoms with Crippen LogP contribution in [0, 0.1) is 0 Å². The molecule has 1 N–H and O–H groups in total. The summed E-state index contributed by atoms with van der Waals surface area (Å²) in [5.41, 5.74) is 3.20. The molecule has 8 heteroatoms. The third kappa shape index (κ3) is 5.22. The second-order valence-electron chi connectivity index (χ2n) is 9.16. The molecule has 2 aliphatic rings. The Morgan fingerprint density at radius 1 is 1.06 bits per heavy atom. The minimum absolute atomic E-state index is 0.0818. The lowest BCUT2D eigenvalue weighted by Crippen LogP contribution is -2.58. The van der Waals surface area contributed by atoms with Crippen molar-refractivity contribution in [2.24, 2.45) is 0 Å². The molecule has 0 unspecified atom stereocenters. The Morgan fingerprint density at radius 2 is 1.89 bits per heavy atom. The van der Waals surface area contributed by atoms with Gasteiger partial charge in [-0.25, -0.2) is 4.79 Å². The van der Waals surface area contributed by atoms with E-state index < -0.39 is 0 Å². The number of rotatable bonds is 4. The van der Waals surface area contributed by atoms with Crippen molar-refractivity contribution < 1.29 is 9.59 Å². The molecule has 2 aromatic carbocycles. The summed E-state index contributed by atoms with van der Waals surface area (Å²) in [5.74, 6) is 0.117. The molecule has 3 amide bonds. The van der Waals surface area contributed by atoms with Gasteiger partial charge in [0.25, 0.3) is 0 Å². The van der Waals surface area contributed by atoms with Crippen LogP contribution >= 0.6 is 22.9 Å². The SMILES string of the molecule is C[C@@H]1CN(C(=O)CN2CCc3sccc3[C@@H]2c2ccccc2)CCN1C(=O)Nc1cccc(Cl)c1. The minimum atomic E-state index is -0.169. The Bertz CT molecular complexity index is 1200. The fourth-order valence-corrected chi connectivity index (χ4v) is 6.18. The summed E-state index contributed by atoms with van der Waals surface area (Å²) in [6.45, 7) is 4.76. The number of hydrogen-bond donors (Lipinski definition) is 1. The molecular formula is C27H29ClN4O2S. The Kier molecular flexibility index (Phi) is 7.09. The first kappa shape index (κ1) is 23.9. The maximum absolute atomic E-state index is 13.4. The van der Waals surface area contributed by atoms with E-state index in [9.17, 15) is 9.59 Å². The number of thiophene rings is 1. The highest BCUT2D eigenvalue weighted by Gasteiger charge is 2.34. The lowest BCUT2D eigenvalue weighted by Gasteiger charge is -2.41. The smallest absolute Gasteiger partial charge is 0.322 e. The van der Waals surface area contributed by atoms with Gasteiger partial charge in [0.15, 0.2) is 0 Å². The van der Waals surface area contributed by atoms with Crippen molar-refractivity contribution >= 4 is 40.6 Å². The van der Waals surface area contributed by atoms with E-state index in [4.69, 9.17) is 11.6 Å². The number of fused-ring (bicyclic) bond motifs is 1. The molecule has 1 aromatic heterocycles. The van der Waals surface area contributed by atoms with Gasteiger partial charge in [-0.1, -0.05) is 48.0 Å². The molecular weight excluding hydrogens is 480 g/mol. The Hall–Kier alpha value is -2.87. The predicted molar refractivity (Wildman–Crippen MR) is 141 cm³/mol. The number of carbonyl (C=O) groups is 2. The summed E-state index contributed by atoms with van der Waals surface area (Å²) in [4.78, 5) is 33.6. The molecule has 5 rings (SSSR count). The molecule has 1 saturated heterocycles. The molecule has 0 bridgehead atoms. The van der Waals surface area contributed by atoms with E-state index in [2.05, 4.69) is 45.9 Å². The normalized spacial score (nSPS) is 20.4. The molecule has 35 heavy (non-hydrogen) atoms. The number of benzene rings is 2. The Labute approximate surface area is 215 Å². The molecule has 182 valence electrons. The van der Waals surface area contributed by atoms with Gasteiger partial charge < -0.3 is 15.1 Å². The van der Waals surface area contributed by atoms with Gasteiger partial charge in [0.1, 0.15) is 0 Å². The summed E-state index contributed by atoms with van der Waals surface area (Å²) in [6, 6.07) is 19.6. The molecule has 6 nitrogen and oxygen atoms in total. The number of urea groups is 1. The lowest BCUT2D eigenvalue weighted by molar-refractivity contribution is -0.135. The number of amides is 3. The quantitative estimate of drug-likeness (QED) is 0.532. The van der Waals surface area contributed by atoms with Crippen LogP contribution in [0.4, 0.5) is 10.5 Å². The van der Waals surface area contributed by atoms with Crippen molar-refractivity contribution in [1.29, 1.82) is 0 Å². The van der Waals surface area contributed by atoms with Crippen LogP contribution in [0.3, 0.4) is 0 Å². The second kappa shape index (κ2) is 10.4. The molecule has 2 atom stereocenters. The first-order valence-corrected chi connectivity index (χ1v) is 13.2. The number of nitrogens with zero attached hydrogens (tertiary/aromatic N) is 3. The highest BCUT2D eigenvalue weighted by Crippen LogP contribution is 2.37. The van der Waals surface area contributed by atoms with Crippen LogP contribution in [-0.2, 0) is 11.2 Å². The van der Waals surface area contributed by atoms with E-state index in [-0.39, 0.29) is 24.0 Å². The molecule has 0 saturated carbocycles. The standard InChI is InChI=1S/C27H29ClN4O2S/c1-19-17-30(13-14-32(19)27(34)29-22-9-5-8-21(28)16-22)25(33)18-31-12-10-24-23(11-15-35-24)26(31)20-6-3-2-4-7-20/h2-9,11,15-16,19,26H,10,12-14,17-18H2,1H3,(H,29,34)/t19-,26+/m1/s1. The van der Waals surface area contributed by atoms with Crippen LogP contribution in [0.2, 0.25) is 5.02 Å². The van der Waals surface area contributed by atoms with Gasteiger partial charge in [-0.05, 0) is 54.1 Å². The molecule has 0 aliphatic carbocycles. The number of hydrogen-bond acceptors (Lipinski definition) is 4. The predicted octanol–water partition coefficient (Wildman–Crippen LogP) is 5.11.